The quantitative estimate of drug-likeness (QED) is 0.795. The van der Waals surface area contributed by atoms with Crippen molar-refractivity contribution < 1.29 is 14.6 Å². The Hall–Kier alpha value is -1.55. The number of ether oxygens (including phenoxy) is 1. The standard InChI is InChI=1S/C15H23NO3/c1-5-19-13-7-6-12(8-11(13)2)9-16-10-15(3,4)14(17)18/h6-8,16H,5,9-10H2,1-4H3,(H,17,18). The van der Waals surface area contributed by atoms with Gasteiger partial charge in [0.2, 0.25) is 0 Å². The molecule has 4 nitrogen and oxygen atoms in total. The summed E-state index contributed by atoms with van der Waals surface area (Å²) < 4.78 is 5.48. The van der Waals surface area contributed by atoms with Gasteiger partial charge in [-0.25, -0.2) is 0 Å². The Morgan fingerprint density at radius 3 is 2.63 bits per heavy atom. The lowest BCUT2D eigenvalue weighted by Crippen LogP contribution is -2.35. The van der Waals surface area contributed by atoms with Gasteiger partial charge < -0.3 is 15.2 Å². The number of hydrogen-bond donors (Lipinski definition) is 2. The molecule has 0 fully saturated rings. The van der Waals surface area contributed by atoms with Gasteiger partial charge in [-0.1, -0.05) is 12.1 Å². The molecule has 0 bridgehead atoms. The minimum atomic E-state index is -0.789. The minimum Gasteiger partial charge on any atom is -0.494 e. The third kappa shape index (κ3) is 4.56. The highest BCUT2D eigenvalue weighted by molar-refractivity contribution is 5.73. The number of carboxylic acid groups (broad SMARTS) is 1. The second-order valence-electron chi connectivity index (χ2n) is 5.33. The van der Waals surface area contributed by atoms with E-state index in [2.05, 4.69) is 11.4 Å². The van der Waals surface area contributed by atoms with Crippen LogP contribution in [0, 0.1) is 12.3 Å². The topological polar surface area (TPSA) is 58.6 Å². The van der Waals surface area contributed by atoms with Crippen LogP contribution in [0.25, 0.3) is 0 Å². The summed E-state index contributed by atoms with van der Waals surface area (Å²) in [4.78, 5) is 11.0. The minimum absolute atomic E-state index is 0.439. The lowest BCUT2D eigenvalue weighted by atomic mass is 9.94. The first-order valence-corrected chi connectivity index (χ1v) is 6.53. The Balaban J connectivity index is 2.55. The van der Waals surface area contributed by atoms with E-state index in [9.17, 15) is 4.79 Å². The first kappa shape index (κ1) is 15.5. The molecule has 0 aliphatic carbocycles. The molecule has 1 aromatic rings. The van der Waals surface area contributed by atoms with Crippen molar-refractivity contribution in [1.82, 2.24) is 5.32 Å². The molecule has 0 saturated carbocycles. The molecule has 1 rings (SSSR count). The zero-order valence-electron chi connectivity index (χ0n) is 12.1. The van der Waals surface area contributed by atoms with E-state index >= 15 is 0 Å². The van der Waals surface area contributed by atoms with E-state index in [0.717, 1.165) is 16.9 Å². The summed E-state index contributed by atoms with van der Waals surface area (Å²) in [5, 5.41) is 12.2. The van der Waals surface area contributed by atoms with Crippen molar-refractivity contribution in [3.63, 3.8) is 0 Å². The zero-order valence-corrected chi connectivity index (χ0v) is 12.1. The van der Waals surface area contributed by atoms with E-state index in [1.54, 1.807) is 13.8 Å². The smallest absolute Gasteiger partial charge is 0.310 e. The molecule has 2 N–H and O–H groups in total. The van der Waals surface area contributed by atoms with Crippen LogP contribution in [0.15, 0.2) is 18.2 Å². The predicted molar refractivity (Wildman–Crippen MR) is 75.5 cm³/mol. The number of carboxylic acids is 1. The lowest BCUT2D eigenvalue weighted by Gasteiger charge is -2.19. The van der Waals surface area contributed by atoms with Crippen LogP contribution < -0.4 is 10.1 Å². The van der Waals surface area contributed by atoms with Gasteiger partial charge in [0.25, 0.3) is 0 Å². The number of nitrogens with one attached hydrogen (secondary N) is 1. The zero-order chi connectivity index (χ0) is 14.5. The van der Waals surface area contributed by atoms with Crippen LogP contribution in [0.3, 0.4) is 0 Å². The number of aliphatic carboxylic acids is 1. The average molecular weight is 265 g/mol. The summed E-state index contributed by atoms with van der Waals surface area (Å²) in [6.07, 6.45) is 0. The highest BCUT2D eigenvalue weighted by Gasteiger charge is 2.26. The highest BCUT2D eigenvalue weighted by Crippen LogP contribution is 2.19. The molecule has 0 aliphatic heterocycles. The molecule has 4 heteroatoms. The molecule has 0 spiro atoms. The maximum atomic E-state index is 11.0. The molecule has 0 radical (unpaired) electrons. The second kappa shape index (κ2) is 6.57. The summed E-state index contributed by atoms with van der Waals surface area (Å²) in [5.74, 6) is 0.111. The first-order chi connectivity index (χ1) is 8.86. The van der Waals surface area contributed by atoms with Gasteiger partial charge in [0.05, 0.1) is 12.0 Å². The number of aryl methyl sites for hydroxylation is 1. The molecule has 1 aromatic carbocycles. The molecule has 0 aromatic heterocycles. The maximum Gasteiger partial charge on any atom is 0.310 e. The van der Waals surface area contributed by atoms with Gasteiger partial charge >= 0.3 is 5.97 Å². The van der Waals surface area contributed by atoms with Crippen LogP contribution in [-0.4, -0.2) is 24.2 Å². The molecule has 0 heterocycles. The maximum absolute atomic E-state index is 11.0. The fourth-order valence-corrected chi connectivity index (χ4v) is 1.73. The van der Waals surface area contributed by atoms with E-state index in [1.807, 2.05) is 26.0 Å². The summed E-state index contributed by atoms with van der Waals surface area (Å²) in [5.41, 5.74) is 1.47. The van der Waals surface area contributed by atoms with E-state index in [1.165, 1.54) is 0 Å². The Morgan fingerprint density at radius 1 is 1.42 bits per heavy atom. The Morgan fingerprint density at radius 2 is 2.11 bits per heavy atom. The molecule has 0 saturated heterocycles. The molecule has 106 valence electrons. The van der Waals surface area contributed by atoms with Crippen molar-refractivity contribution in [2.75, 3.05) is 13.2 Å². The van der Waals surface area contributed by atoms with Crippen LogP contribution in [0.2, 0.25) is 0 Å². The van der Waals surface area contributed by atoms with Crippen molar-refractivity contribution in [2.45, 2.75) is 34.2 Å². The second-order valence-corrected chi connectivity index (χ2v) is 5.33. The van der Waals surface area contributed by atoms with Gasteiger partial charge in [-0.05, 0) is 44.9 Å². The summed E-state index contributed by atoms with van der Waals surface area (Å²) in [6, 6.07) is 6.02. The lowest BCUT2D eigenvalue weighted by molar-refractivity contribution is -0.146. The third-order valence-corrected chi connectivity index (χ3v) is 3.01. The molecule has 0 unspecified atom stereocenters. The number of rotatable bonds is 7. The van der Waals surface area contributed by atoms with Crippen LogP contribution in [0.5, 0.6) is 5.75 Å². The van der Waals surface area contributed by atoms with Crippen molar-refractivity contribution >= 4 is 5.97 Å². The predicted octanol–water partition coefficient (Wildman–Crippen LogP) is 2.59. The summed E-state index contributed by atoms with van der Waals surface area (Å²) >= 11 is 0. The fourth-order valence-electron chi connectivity index (χ4n) is 1.73. The average Bonchev–Trinajstić information content (AvgIpc) is 2.32. The molecular formula is C15H23NO3. The number of carbonyl (C=O) groups is 1. The molecule has 0 aliphatic rings. The SMILES string of the molecule is CCOc1ccc(CNCC(C)(C)C(=O)O)cc1C. The van der Waals surface area contributed by atoms with Crippen LogP contribution in [-0.2, 0) is 11.3 Å². The Labute approximate surface area is 114 Å². The highest BCUT2D eigenvalue weighted by atomic mass is 16.5. The summed E-state index contributed by atoms with van der Waals surface area (Å²) in [7, 11) is 0. The van der Waals surface area contributed by atoms with Crippen molar-refractivity contribution in [3.8, 4) is 5.75 Å². The van der Waals surface area contributed by atoms with E-state index in [4.69, 9.17) is 9.84 Å². The van der Waals surface area contributed by atoms with E-state index in [0.29, 0.717) is 19.7 Å². The van der Waals surface area contributed by atoms with Gasteiger partial charge in [-0.15, -0.1) is 0 Å². The Bertz CT molecular complexity index is 441. The van der Waals surface area contributed by atoms with Gasteiger partial charge in [0, 0.05) is 13.1 Å². The number of benzene rings is 1. The van der Waals surface area contributed by atoms with E-state index < -0.39 is 11.4 Å². The number of hydrogen-bond acceptors (Lipinski definition) is 3. The largest absolute Gasteiger partial charge is 0.494 e. The van der Waals surface area contributed by atoms with Crippen LogP contribution >= 0.6 is 0 Å². The monoisotopic (exact) mass is 265 g/mol. The molecular weight excluding hydrogens is 242 g/mol. The van der Waals surface area contributed by atoms with Gasteiger partial charge in [0.1, 0.15) is 5.75 Å². The van der Waals surface area contributed by atoms with E-state index in [-0.39, 0.29) is 0 Å². The van der Waals surface area contributed by atoms with Crippen molar-refractivity contribution in [3.05, 3.63) is 29.3 Å². The Kier molecular flexibility index (Phi) is 5.36. The van der Waals surface area contributed by atoms with Gasteiger partial charge in [0.15, 0.2) is 0 Å². The van der Waals surface area contributed by atoms with Crippen LogP contribution in [0.4, 0.5) is 0 Å². The first-order valence-electron chi connectivity index (χ1n) is 6.53. The normalized spacial score (nSPS) is 11.4. The van der Waals surface area contributed by atoms with Crippen molar-refractivity contribution in [2.24, 2.45) is 5.41 Å². The van der Waals surface area contributed by atoms with Crippen LogP contribution in [0.1, 0.15) is 31.9 Å². The van der Waals surface area contributed by atoms with Crippen molar-refractivity contribution in [1.29, 1.82) is 0 Å². The van der Waals surface area contributed by atoms with Gasteiger partial charge in [-0.2, -0.15) is 0 Å². The molecule has 19 heavy (non-hydrogen) atoms. The molecule has 0 atom stereocenters. The summed E-state index contributed by atoms with van der Waals surface area (Å²) in [6.45, 7) is 9.15. The third-order valence-electron chi connectivity index (χ3n) is 3.01. The fraction of sp³-hybridized carbons (Fsp3) is 0.533. The molecule has 0 amide bonds. The van der Waals surface area contributed by atoms with Gasteiger partial charge in [-0.3, -0.25) is 4.79 Å².